The van der Waals surface area contributed by atoms with Crippen molar-refractivity contribution in [3.63, 3.8) is 0 Å². The maximum Gasteiger partial charge on any atom is 0.249 e. The van der Waals surface area contributed by atoms with Gasteiger partial charge in [-0.3, -0.25) is 14.8 Å². The monoisotopic (exact) mass is 558 g/mol. The van der Waals surface area contributed by atoms with Crippen LogP contribution in [0, 0.1) is 0 Å². The minimum atomic E-state index is -1.96. The molecule has 10 N–H and O–H groups in total. The number of carbonyl (C=O) groups is 2. The van der Waals surface area contributed by atoms with E-state index in [0.29, 0.717) is 0 Å². The van der Waals surface area contributed by atoms with E-state index in [-0.39, 0.29) is 0 Å². The van der Waals surface area contributed by atoms with Gasteiger partial charge in [0.25, 0.3) is 0 Å². The second kappa shape index (κ2) is 13.2. The molecule has 3 saturated heterocycles. The lowest BCUT2D eigenvalue weighted by molar-refractivity contribution is -0.376. The van der Waals surface area contributed by atoms with Gasteiger partial charge in [-0.15, -0.1) is 0 Å². The third-order valence-corrected chi connectivity index (χ3v) is 6.46. The highest BCUT2D eigenvalue weighted by molar-refractivity contribution is 5.79. The first-order valence-electron chi connectivity index (χ1n) is 11.6. The molecule has 8 unspecified atom stereocenters. The first kappa shape index (κ1) is 30.9. The molecule has 0 aromatic rings. The smallest absolute Gasteiger partial charge is 0.249 e. The summed E-state index contributed by atoms with van der Waals surface area (Å²) in [4.78, 5) is 28.3. The fraction of sp³-hybridized carbons (Fsp3) is 0.900. The van der Waals surface area contributed by atoms with Crippen LogP contribution in [0.5, 0.6) is 0 Å². The number of amides is 2. The van der Waals surface area contributed by atoms with E-state index in [1.165, 1.54) is 7.11 Å². The standard InChI is InChI=1S/C20H34N2O16/c1-5(25)22-8-13(38-31)9(26)6(3-23)33-18(8)35-14-11(28)12(29)19(37-16(14)17(21)30)36-15-10(27)7(4-24)34-20(15)32-2/h6-16,18-20,23-24,26-29,31H,3-4H2,1-2H3,(H2,21,30)(H,22,25)/t6?,7?,8?,9-,10-,11?,12?,13?,14+,15?,16?,18+,19-,20+/m1/s1. The Kier molecular flexibility index (Phi) is 10.7. The van der Waals surface area contributed by atoms with E-state index in [1.807, 2.05) is 0 Å². The summed E-state index contributed by atoms with van der Waals surface area (Å²) in [7, 11) is 1.23. The van der Waals surface area contributed by atoms with Crippen LogP contribution in [0.1, 0.15) is 6.92 Å². The Bertz CT molecular complexity index is 805. The fourth-order valence-corrected chi connectivity index (χ4v) is 4.52. The number of nitrogens with one attached hydrogen (secondary N) is 1. The topological polar surface area (TPSA) is 278 Å². The third kappa shape index (κ3) is 6.24. The van der Waals surface area contributed by atoms with E-state index in [2.05, 4.69) is 10.2 Å². The van der Waals surface area contributed by atoms with Gasteiger partial charge in [0.05, 0.1) is 13.2 Å². The molecule has 38 heavy (non-hydrogen) atoms. The van der Waals surface area contributed by atoms with Gasteiger partial charge in [0, 0.05) is 14.0 Å². The maximum atomic E-state index is 12.3. The minimum Gasteiger partial charge on any atom is -0.394 e. The average Bonchev–Trinajstić information content (AvgIpc) is 3.18. The van der Waals surface area contributed by atoms with Crippen LogP contribution in [0.15, 0.2) is 0 Å². The number of methoxy groups -OCH3 is 1. The van der Waals surface area contributed by atoms with Gasteiger partial charge in [-0.25, -0.2) is 4.89 Å². The summed E-state index contributed by atoms with van der Waals surface area (Å²) in [5, 5.41) is 72.8. The number of aliphatic hydroxyl groups is 6. The molecule has 0 aromatic carbocycles. The summed E-state index contributed by atoms with van der Waals surface area (Å²) in [5.74, 6) is -1.86. The Labute approximate surface area is 215 Å². The van der Waals surface area contributed by atoms with E-state index in [1.54, 1.807) is 0 Å². The normalized spacial score (nSPS) is 45.6. The largest absolute Gasteiger partial charge is 0.394 e. The Morgan fingerprint density at radius 2 is 1.37 bits per heavy atom. The quantitative estimate of drug-likeness (QED) is 0.0890. The van der Waals surface area contributed by atoms with Crippen molar-refractivity contribution in [2.45, 2.75) is 92.9 Å². The molecule has 18 nitrogen and oxygen atoms in total. The number of rotatable bonds is 10. The van der Waals surface area contributed by atoms with Crippen LogP contribution in [-0.4, -0.2) is 154 Å². The molecule has 0 bridgehead atoms. The number of hydrogen-bond donors (Lipinski definition) is 9. The van der Waals surface area contributed by atoms with Gasteiger partial charge in [0.2, 0.25) is 11.8 Å². The molecule has 0 radical (unpaired) electrons. The highest BCUT2D eigenvalue weighted by Crippen LogP contribution is 2.33. The molecule has 0 aromatic heterocycles. The van der Waals surface area contributed by atoms with E-state index in [4.69, 9.17) is 34.2 Å². The van der Waals surface area contributed by atoms with E-state index in [0.717, 1.165) is 6.92 Å². The number of aliphatic hydroxyl groups excluding tert-OH is 6. The first-order chi connectivity index (χ1) is 18.0. The zero-order chi connectivity index (χ0) is 28.3. The summed E-state index contributed by atoms with van der Waals surface area (Å²) in [6.07, 6.45) is -20.6. The van der Waals surface area contributed by atoms with Crippen molar-refractivity contribution in [1.82, 2.24) is 5.32 Å². The Morgan fingerprint density at radius 3 is 1.87 bits per heavy atom. The van der Waals surface area contributed by atoms with Crippen molar-refractivity contribution in [3.05, 3.63) is 0 Å². The molecular formula is C20H34N2O16. The van der Waals surface area contributed by atoms with Crippen LogP contribution in [-0.2, 0) is 42.9 Å². The van der Waals surface area contributed by atoms with Gasteiger partial charge in [0.15, 0.2) is 25.0 Å². The zero-order valence-corrected chi connectivity index (χ0v) is 20.4. The predicted octanol–water partition coefficient (Wildman–Crippen LogP) is -6.15. The zero-order valence-electron chi connectivity index (χ0n) is 20.4. The molecule has 3 heterocycles. The molecule has 0 aliphatic carbocycles. The summed E-state index contributed by atoms with van der Waals surface area (Å²) in [6.45, 7) is -0.269. The van der Waals surface area contributed by atoms with Gasteiger partial charge >= 0.3 is 0 Å². The second-order valence-electron chi connectivity index (χ2n) is 8.97. The summed E-state index contributed by atoms with van der Waals surface area (Å²) >= 11 is 0. The summed E-state index contributed by atoms with van der Waals surface area (Å²) < 4.78 is 32.5. The summed E-state index contributed by atoms with van der Waals surface area (Å²) in [5.41, 5.74) is 5.43. The van der Waals surface area contributed by atoms with Crippen molar-refractivity contribution in [3.8, 4) is 0 Å². The van der Waals surface area contributed by atoms with Gasteiger partial charge in [-0.05, 0) is 0 Å². The molecule has 3 aliphatic rings. The molecule has 3 rings (SSSR count). The van der Waals surface area contributed by atoms with Gasteiger partial charge in [-0.2, -0.15) is 0 Å². The van der Waals surface area contributed by atoms with Crippen molar-refractivity contribution in [2.24, 2.45) is 5.73 Å². The van der Waals surface area contributed by atoms with Crippen molar-refractivity contribution < 1.29 is 78.8 Å². The molecule has 0 saturated carbocycles. The van der Waals surface area contributed by atoms with Gasteiger partial charge in [-0.1, -0.05) is 0 Å². The fourth-order valence-electron chi connectivity index (χ4n) is 4.52. The molecule has 2 amide bonds. The molecule has 3 fully saturated rings. The van der Waals surface area contributed by atoms with E-state index < -0.39 is 111 Å². The SMILES string of the molecule is CO[C@H]1OC(CO)[C@@H](O)C1O[C@@H]1OC(C(N)=O)[C@@H](O[C@@H]2OC(CO)[C@@H](O)C(OO)C2NC(C)=O)C(O)C1O. The van der Waals surface area contributed by atoms with E-state index >= 15 is 0 Å². The van der Waals surface area contributed by atoms with Crippen LogP contribution < -0.4 is 11.1 Å². The lowest BCUT2D eigenvalue weighted by Gasteiger charge is -2.47. The number of hydrogen-bond acceptors (Lipinski definition) is 16. The number of nitrogens with two attached hydrogens (primary N) is 1. The molecule has 0 spiro atoms. The number of ether oxygens (including phenoxy) is 6. The molecule has 220 valence electrons. The van der Waals surface area contributed by atoms with Crippen molar-refractivity contribution in [1.29, 1.82) is 0 Å². The van der Waals surface area contributed by atoms with Crippen molar-refractivity contribution >= 4 is 11.8 Å². The summed E-state index contributed by atoms with van der Waals surface area (Å²) in [6, 6.07) is -1.44. The maximum absolute atomic E-state index is 12.3. The van der Waals surface area contributed by atoms with Gasteiger partial charge < -0.3 is 70.1 Å². The minimum absolute atomic E-state index is 0.587. The highest BCUT2D eigenvalue weighted by Gasteiger charge is 2.55. The van der Waals surface area contributed by atoms with Crippen molar-refractivity contribution in [2.75, 3.05) is 20.3 Å². The average molecular weight is 558 g/mol. The Hall–Kier alpha value is -1.62. The molecule has 14 atom stereocenters. The van der Waals surface area contributed by atoms with Crippen LogP contribution in [0.3, 0.4) is 0 Å². The molecule has 18 heteroatoms. The van der Waals surface area contributed by atoms with Crippen LogP contribution in [0.25, 0.3) is 0 Å². The van der Waals surface area contributed by atoms with Gasteiger partial charge in [0.1, 0.15) is 61.0 Å². The first-order valence-corrected chi connectivity index (χ1v) is 11.6. The van der Waals surface area contributed by atoms with Crippen LogP contribution in [0.2, 0.25) is 0 Å². The second-order valence-corrected chi connectivity index (χ2v) is 8.97. The Balaban J connectivity index is 1.83. The lowest BCUT2D eigenvalue weighted by Crippen LogP contribution is -2.69. The number of carbonyl (C=O) groups excluding carboxylic acids is 2. The highest BCUT2D eigenvalue weighted by atomic mass is 17.1. The number of primary amides is 1. The van der Waals surface area contributed by atoms with E-state index in [9.17, 15) is 45.5 Å². The van der Waals surface area contributed by atoms with Crippen LogP contribution in [0.4, 0.5) is 0 Å². The lowest BCUT2D eigenvalue weighted by atomic mass is 9.95. The molecular weight excluding hydrogens is 524 g/mol. The third-order valence-electron chi connectivity index (χ3n) is 6.46. The predicted molar refractivity (Wildman–Crippen MR) is 115 cm³/mol. The molecule has 3 aliphatic heterocycles. The van der Waals surface area contributed by atoms with Crippen LogP contribution >= 0.6 is 0 Å². The Morgan fingerprint density at radius 1 is 0.816 bits per heavy atom.